The number of hydrogen-bond donors (Lipinski definition) is 2. The lowest BCUT2D eigenvalue weighted by molar-refractivity contribution is 0.455. The Balaban J connectivity index is 1.85. The van der Waals surface area contributed by atoms with Crippen LogP contribution in [0.15, 0.2) is 36.5 Å². The van der Waals surface area contributed by atoms with E-state index in [0.717, 1.165) is 42.0 Å². The lowest BCUT2D eigenvalue weighted by Gasteiger charge is -2.22. The van der Waals surface area contributed by atoms with E-state index in [4.69, 9.17) is 10.7 Å². The van der Waals surface area contributed by atoms with Gasteiger partial charge >= 0.3 is 0 Å². The monoisotopic (exact) mass is 307 g/mol. The SMILES string of the molecule is Cc1cccc(-c2cnn3c(N)cc(C4CCCNC4)nc23)c1. The van der Waals surface area contributed by atoms with E-state index in [1.165, 1.54) is 12.0 Å². The van der Waals surface area contributed by atoms with Crippen LogP contribution in [0.3, 0.4) is 0 Å². The maximum absolute atomic E-state index is 6.23. The van der Waals surface area contributed by atoms with Crippen molar-refractivity contribution in [2.45, 2.75) is 25.7 Å². The molecule has 23 heavy (non-hydrogen) atoms. The average Bonchev–Trinajstić information content (AvgIpc) is 3.00. The van der Waals surface area contributed by atoms with Gasteiger partial charge in [0.25, 0.3) is 0 Å². The summed E-state index contributed by atoms with van der Waals surface area (Å²) < 4.78 is 1.73. The summed E-state index contributed by atoms with van der Waals surface area (Å²) in [6.07, 6.45) is 4.20. The zero-order chi connectivity index (χ0) is 15.8. The Kier molecular flexibility index (Phi) is 3.50. The van der Waals surface area contributed by atoms with Crippen LogP contribution in [0.1, 0.15) is 30.0 Å². The van der Waals surface area contributed by atoms with Crippen molar-refractivity contribution in [2.24, 2.45) is 0 Å². The van der Waals surface area contributed by atoms with Crippen molar-refractivity contribution in [2.75, 3.05) is 18.8 Å². The van der Waals surface area contributed by atoms with Gasteiger partial charge in [0.1, 0.15) is 5.82 Å². The molecule has 118 valence electrons. The van der Waals surface area contributed by atoms with E-state index >= 15 is 0 Å². The zero-order valence-corrected chi connectivity index (χ0v) is 13.3. The van der Waals surface area contributed by atoms with Gasteiger partial charge in [0, 0.05) is 24.1 Å². The van der Waals surface area contributed by atoms with Crippen molar-refractivity contribution in [3.8, 4) is 11.1 Å². The van der Waals surface area contributed by atoms with Gasteiger partial charge in [-0.2, -0.15) is 9.61 Å². The smallest absolute Gasteiger partial charge is 0.165 e. The van der Waals surface area contributed by atoms with Crippen LogP contribution in [0.5, 0.6) is 0 Å². The molecule has 3 heterocycles. The molecular weight excluding hydrogens is 286 g/mol. The molecule has 1 fully saturated rings. The number of rotatable bonds is 2. The van der Waals surface area contributed by atoms with Crippen molar-refractivity contribution in [1.82, 2.24) is 19.9 Å². The van der Waals surface area contributed by atoms with E-state index in [9.17, 15) is 0 Å². The summed E-state index contributed by atoms with van der Waals surface area (Å²) in [4.78, 5) is 4.91. The molecule has 5 heteroatoms. The topological polar surface area (TPSA) is 68.2 Å². The highest BCUT2D eigenvalue weighted by Crippen LogP contribution is 2.29. The number of fused-ring (bicyclic) bond motifs is 1. The Labute approximate surface area is 135 Å². The van der Waals surface area contributed by atoms with Crippen molar-refractivity contribution in [1.29, 1.82) is 0 Å². The quantitative estimate of drug-likeness (QED) is 0.764. The maximum atomic E-state index is 6.23. The van der Waals surface area contributed by atoms with E-state index in [2.05, 4.69) is 41.6 Å². The molecule has 1 unspecified atom stereocenters. The molecule has 4 rings (SSSR count). The number of aryl methyl sites for hydroxylation is 1. The van der Waals surface area contributed by atoms with Crippen LogP contribution in [0.25, 0.3) is 16.8 Å². The molecule has 3 aromatic rings. The minimum Gasteiger partial charge on any atom is -0.384 e. The number of nitrogens with zero attached hydrogens (tertiary/aromatic N) is 3. The molecule has 1 saturated heterocycles. The van der Waals surface area contributed by atoms with Crippen LogP contribution in [0, 0.1) is 6.92 Å². The molecule has 1 atom stereocenters. The van der Waals surface area contributed by atoms with Gasteiger partial charge in [-0.25, -0.2) is 4.98 Å². The van der Waals surface area contributed by atoms with E-state index in [1.54, 1.807) is 4.52 Å². The first kappa shape index (κ1) is 14.2. The molecule has 0 bridgehead atoms. The van der Waals surface area contributed by atoms with Crippen molar-refractivity contribution < 1.29 is 0 Å². The van der Waals surface area contributed by atoms with Gasteiger partial charge in [-0.05, 0) is 31.9 Å². The number of hydrogen-bond acceptors (Lipinski definition) is 4. The maximum Gasteiger partial charge on any atom is 0.165 e. The lowest BCUT2D eigenvalue weighted by atomic mass is 9.96. The minimum atomic E-state index is 0.427. The highest BCUT2D eigenvalue weighted by atomic mass is 15.3. The van der Waals surface area contributed by atoms with Crippen LogP contribution in [0.4, 0.5) is 5.82 Å². The molecule has 0 amide bonds. The van der Waals surface area contributed by atoms with Gasteiger partial charge in [-0.15, -0.1) is 0 Å². The Morgan fingerprint density at radius 2 is 2.22 bits per heavy atom. The van der Waals surface area contributed by atoms with Crippen molar-refractivity contribution in [3.05, 3.63) is 47.8 Å². The van der Waals surface area contributed by atoms with Gasteiger partial charge in [0.05, 0.1) is 11.9 Å². The Morgan fingerprint density at radius 3 is 3.00 bits per heavy atom. The third-order valence-corrected chi connectivity index (χ3v) is 4.56. The normalized spacial score (nSPS) is 18.4. The summed E-state index contributed by atoms with van der Waals surface area (Å²) in [5.74, 6) is 1.07. The van der Waals surface area contributed by atoms with Gasteiger partial charge in [-0.1, -0.05) is 29.8 Å². The fourth-order valence-electron chi connectivity index (χ4n) is 3.34. The molecule has 5 nitrogen and oxygen atoms in total. The zero-order valence-electron chi connectivity index (χ0n) is 13.3. The Bertz CT molecular complexity index is 846. The predicted octanol–water partition coefficient (Wildman–Crippen LogP) is 2.75. The number of nitrogens with one attached hydrogen (secondary N) is 1. The molecule has 1 aliphatic rings. The molecule has 1 aliphatic heterocycles. The second-order valence-corrected chi connectivity index (χ2v) is 6.31. The number of nitrogen functional groups attached to an aromatic ring is 1. The van der Waals surface area contributed by atoms with Crippen LogP contribution < -0.4 is 11.1 Å². The van der Waals surface area contributed by atoms with Crippen LogP contribution >= 0.6 is 0 Å². The van der Waals surface area contributed by atoms with Gasteiger partial charge in [0.15, 0.2) is 5.65 Å². The Hall–Kier alpha value is -2.40. The predicted molar refractivity (Wildman–Crippen MR) is 92.4 cm³/mol. The molecule has 0 radical (unpaired) electrons. The fourth-order valence-corrected chi connectivity index (χ4v) is 3.34. The highest BCUT2D eigenvalue weighted by Gasteiger charge is 2.19. The largest absolute Gasteiger partial charge is 0.384 e. The first-order valence-electron chi connectivity index (χ1n) is 8.14. The molecule has 3 N–H and O–H groups in total. The third-order valence-electron chi connectivity index (χ3n) is 4.56. The Morgan fingerprint density at radius 1 is 1.30 bits per heavy atom. The number of piperidine rings is 1. The van der Waals surface area contributed by atoms with Crippen LogP contribution in [-0.4, -0.2) is 27.7 Å². The number of aromatic nitrogens is 3. The van der Waals surface area contributed by atoms with E-state index in [-0.39, 0.29) is 0 Å². The summed E-state index contributed by atoms with van der Waals surface area (Å²) in [6, 6.07) is 10.4. The van der Waals surface area contributed by atoms with Gasteiger partial charge < -0.3 is 11.1 Å². The molecule has 2 aromatic heterocycles. The summed E-state index contributed by atoms with van der Waals surface area (Å²) >= 11 is 0. The van der Waals surface area contributed by atoms with Crippen molar-refractivity contribution >= 4 is 11.5 Å². The second kappa shape index (κ2) is 5.66. The highest BCUT2D eigenvalue weighted by molar-refractivity contribution is 5.78. The molecular formula is C18H21N5. The number of anilines is 1. The first-order valence-corrected chi connectivity index (χ1v) is 8.14. The summed E-state index contributed by atoms with van der Waals surface area (Å²) in [5, 5.41) is 7.87. The van der Waals surface area contributed by atoms with Crippen molar-refractivity contribution in [3.63, 3.8) is 0 Å². The van der Waals surface area contributed by atoms with E-state index in [0.29, 0.717) is 11.7 Å². The summed E-state index contributed by atoms with van der Waals surface area (Å²) in [7, 11) is 0. The van der Waals surface area contributed by atoms with Gasteiger partial charge in [-0.3, -0.25) is 0 Å². The first-order chi connectivity index (χ1) is 11.2. The molecule has 1 aromatic carbocycles. The third kappa shape index (κ3) is 2.57. The minimum absolute atomic E-state index is 0.427. The average molecular weight is 307 g/mol. The van der Waals surface area contributed by atoms with Gasteiger partial charge in [0.2, 0.25) is 0 Å². The standard InChI is InChI=1S/C18H21N5/c1-12-4-2-5-13(8-12)15-11-21-23-17(19)9-16(22-18(15)23)14-6-3-7-20-10-14/h2,4-5,8-9,11,14,20H,3,6-7,10,19H2,1H3. The molecule has 0 spiro atoms. The van der Waals surface area contributed by atoms with Crippen LogP contribution in [-0.2, 0) is 0 Å². The summed E-state index contributed by atoms with van der Waals surface area (Å²) in [6.45, 7) is 4.15. The number of benzene rings is 1. The molecule has 0 aliphatic carbocycles. The van der Waals surface area contributed by atoms with E-state index < -0.39 is 0 Å². The fraction of sp³-hybridized carbons (Fsp3) is 0.333. The summed E-state index contributed by atoms with van der Waals surface area (Å²) in [5.41, 5.74) is 11.5. The van der Waals surface area contributed by atoms with E-state index in [1.807, 2.05) is 12.3 Å². The lowest BCUT2D eigenvalue weighted by Crippen LogP contribution is -2.29. The second-order valence-electron chi connectivity index (χ2n) is 6.31. The van der Waals surface area contributed by atoms with Crippen LogP contribution in [0.2, 0.25) is 0 Å². The number of nitrogens with two attached hydrogens (primary N) is 1. The molecule has 0 saturated carbocycles.